The molecule has 3 rings (SSSR count). The molecule has 0 amide bonds. The van der Waals surface area contributed by atoms with Crippen LogP contribution in [0.1, 0.15) is 66.5 Å². The van der Waals surface area contributed by atoms with Crippen molar-refractivity contribution >= 4 is 23.9 Å². The third kappa shape index (κ3) is 5.61. The molecule has 0 N–H and O–H groups in total. The molecule has 0 saturated heterocycles. The van der Waals surface area contributed by atoms with Crippen molar-refractivity contribution < 1.29 is 38.1 Å². The Morgan fingerprint density at radius 3 is 1.32 bits per heavy atom. The molecule has 0 atom stereocenters. The van der Waals surface area contributed by atoms with Crippen LogP contribution in [0.25, 0.3) is 11.1 Å². The lowest BCUT2D eigenvalue weighted by molar-refractivity contribution is -0.143. The number of fused-ring (bicyclic) bond motifs is 3. The highest BCUT2D eigenvalue weighted by molar-refractivity contribution is 5.95. The summed E-state index contributed by atoms with van der Waals surface area (Å²) in [6, 6.07) is 6.49. The van der Waals surface area contributed by atoms with Gasteiger partial charge in [-0.25, -0.2) is 14.4 Å². The molecule has 40 heavy (non-hydrogen) atoms. The molecule has 0 aliphatic heterocycles. The summed E-state index contributed by atoms with van der Waals surface area (Å²) in [5.41, 5.74) is 0.887. The van der Waals surface area contributed by atoms with Gasteiger partial charge in [0, 0.05) is 33.3 Å². The van der Waals surface area contributed by atoms with Gasteiger partial charge >= 0.3 is 23.9 Å². The van der Waals surface area contributed by atoms with E-state index in [4.69, 9.17) is 18.9 Å². The van der Waals surface area contributed by atoms with E-state index in [0.717, 1.165) is 0 Å². The van der Waals surface area contributed by atoms with Crippen LogP contribution >= 0.6 is 0 Å². The van der Waals surface area contributed by atoms with Gasteiger partial charge in [-0.2, -0.15) is 0 Å². The van der Waals surface area contributed by atoms with E-state index in [0.29, 0.717) is 22.3 Å². The normalized spacial score (nSPS) is 12.9. The van der Waals surface area contributed by atoms with Crippen LogP contribution in [0.2, 0.25) is 0 Å². The molecule has 1 aliphatic rings. The molecule has 0 spiro atoms. The van der Waals surface area contributed by atoms with E-state index in [2.05, 4.69) is 19.7 Å². The molecule has 0 fully saturated rings. The lowest BCUT2D eigenvalue weighted by Crippen LogP contribution is -2.28. The van der Waals surface area contributed by atoms with Crippen molar-refractivity contribution in [2.75, 3.05) is 0 Å². The van der Waals surface area contributed by atoms with E-state index in [1.165, 1.54) is 32.9 Å². The maximum Gasteiger partial charge on any atom is 0.338 e. The van der Waals surface area contributed by atoms with Gasteiger partial charge < -0.3 is 18.9 Å². The second kappa shape index (κ2) is 10.6. The number of ether oxygens (including phenoxy) is 4. The quantitative estimate of drug-likeness (QED) is 0.224. The summed E-state index contributed by atoms with van der Waals surface area (Å²) in [7, 11) is 0. The van der Waals surface area contributed by atoms with E-state index < -0.39 is 34.7 Å². The molecule has 0 bridgehead atoms. The highest BCUT2D eigenvalue weighted by atomic mass is 16.6. The fourth-order valence-corrected chi connectivity index (χ4v) is 4.10. The number of esters is 4. The van der Waals surface area contributed by atoms with Crippen LogP contribution < -0.4 is 18.9 Å². The van der Waals surface area contributed by atoms with Crippen molar-refractivity contribution in [2.45, 2.75) is 60.8 Å². The van der Waals surface area contributed by atoms with Crippen LogP contribution in [0.4, 0.5) is 0 Å². The number of rotatable bonds is 7. The van der Waals surface area contributed by atoms with Gasteiger partial charge in [0.15, 0.2) is 23.0 Å². The average Bonchev–Trinajstić information content (AvgIpc) is 3.07. The first-order valence-corrected chi connectivity index (χ1v) is 12.6. The first kappa shape index (κ1) is 30.1. The van der Waals surface area contributed by atoms with Gasteiger partial charge in [0.1, 0.15) is 0 Å². The molecule has 0 unspecified atom stereocenters. The first-order valence-electron chi connectivity index (χ1n) is 12.6. The molecule has 0 heterocycles. The third-order valence-electron chi connectivity index (χ3n) is 6.24. The van der Waals surface area contributed by atoms with Crippen LogP contribution in [0.15, 0.2) is 60.7 Å². The van der Waals surface area contributed by atoms with E-state index in [1.807, 2.05) is 13.8 Å². The van der Waals surface area contributed by atoms with Gasteiger partial charge in [-0.3, -0.25) is 4.79 Å². The SMILES string of the molecule is C=C(C)C(=O)Oc1ccc2c(c1OC(=O)C(=C)C)C(C)(C)c1c-2ccc(OC(=O)C(=C)C)c1OC(=O)C(C)(C)C. The molecule has 2 aromatic rings. The van der Waals surface area contributed by atoms with E-state index in [9.17, 15) is 19.2 Å². The Morgan fingerprint density at radius 2 is 0.975 bits per heavy atom. The standard InChI is InChI=1S/C32H34O8/c1-16(2)27(33)37-21-14-12-19-20-13-15-22(38-28(34)17(3)4)26(40-30(36)31(7,8)9)24(20)32(10,11)23(19)25(21)39-29(35)18(5)6/h12-15H,1,3,5H2,2,4,6-11H3. The second-order valence-electron chi connectivity index (χ2n) is 11.4. The van der Waals surface area contributed by atoms with Crippen molar-refractivity contribution in [3.05, 3.63) is 71.8 Å². The zero-order valence-corrected chi connectivity index (χ0v) is 24.2. The van der Waals surface area contributed by atoms with E-state index in [-0.39, 0.29) is 39.7 Å². The predicted octanol–water partition coefficient (Wildman–Crippen LogP) is 6.39. The van der Waals surface area contributed by atoms with E-state index in [1.54, 1.807) is 32.9 Å². The van der Waals surface area contributed by atoms with Crippen LogP contribution in [0.3, 0.4) is 0 Å². The Bertz CT molecular complexity index is 1500. The van der Waals surface area contributed by atoms with Crippen LogP contribution in [-0.4, -0.2) is 23.9 Å². The molecular weight excluding hydrogens is 512 g/mol. The number of carbonyl (C=O) groups is 4. The molecule has 210 valence electrons. The Morgan fingerprint density at radius 1 is 0.625 bits per heavy atom. The van der Waals surface area contributed by atoms with Gasteiger partial charge in [-0.1, -0.05) is 45.7 Å². The molecular formula is C32H34O8. The zero-order valence-electron chi connectivity index (χ0n) is 24.2. The molecule has 0 radical (unpaired) electrons. The number of benzene rings is 2. The molecule has 1 aliphatic carbocycles. The van der Waals surface area contributed by atoms with Crippen LogP contribution in [-0.2, 0) is 24.6 Å². The topological polar surface area (TPSA) is 105 Å². The smallest absolute Gasteiger partial charge is 0.338 e. The maximum absolute atomic E-state index is 13.1. The fourth-order valence-electron chi connectivity index (χ4n) is 4.10. The van der Waals surface area contributed by atoms with Crippen molar-refractivity contribution in [1.29, 1.82) is 0 Å². The van der Waals surface area contributed by atoms with Gasteiger partial charge in [0.25, 0.3) is 0 Å². The lowest BCUT2D eigenvalue weighted by Gasteiger charge is -2.27. The summed E-state index contributed by atoms with van der Waals surface area (Å²) in [4.78, 5) is 50.7. The second-order valence-corrected chi connectivity index (χ2v) is 11.4. The predicted molar refractivity (Wildman–Crippen MR) is 150 cm³/mol. The summed E-state index contributed by atoms with van der Waals surface area (Å²) < 4.78 is 22.8. The van der Waals surface area contributed by atoms with Crippen molar-refractivity contribution in [1.82, 2.24) is 0 Å². The Hall–Kier alpha value is -4.46. The van der Waals surface area contributed by atoms with Crippen molar-refractivity contribution in [2.24, 2.45) is 5.41 Å². The minimum absolute atomic E-state index is 0.00407. The van der Waals surface area contributed by atoms with Crippen molar-refractivity contribution in [3.8, 4) is 34.1 Å². The third-order valence-corrected chi connectivity index (χ3v) is 6.24. The lowest BCUT2D eigenvalue weighted by atomic mass is 9.81. The minimum atomic E-state index is -1.000. The number of hydrogen-bond donors (Lipinski definition) is 0. The first-order chi connectivity index (χ1) is 18.4. The maximum atomic E-state index is 13.1. The largest absolute Gasteiger partial charge is 0.422 e. The van der Waals surface area contributed by atoms with Gasteiger partial charge in [0.05, 0.1) is 5.41 Å². The van der Waals surface area contributed by atoms with Crippen LogP contribution in [0, 0.1) is 5.41 Å². The molecule has 0 saturated carbocycles. The van der Waals surface area contributed by atoms with Gasteiger partial charge in [0.2, 0.25) is 0 Å². The zero-order chi connectivity index (χ0) is 30.3. The summed E-state index contributed by atoms with van der Waals surface area (Å²) >= 11 is 0. The highest BCUT2D eigenvalue weighted by Crippen LogP contribution is 2.59. The Balaban J connectivity index is 2.35. The monoisotopic (exact) mass is 546 g/mol. The fraction of sp³-hybridized carbons (Fsp3) is 0.312. The van der Waals surface area contributed by atoms with Crippen molar-refractivity contribution in [3.63, 3.8) is 0 Å². The van der Waals surface area contributed by atoms with E-state index >= 15 is 0 Å². The number of hydrogen-bond acceptors (Lipinski definition) is 8. The minimum Gasteiger partial charge on any atom is -0.422 e. The average molecular weight is 547 g/mol. The Kier molecular flexibility index (Phi) is 7.97. The summed E-state index contributed by atoms with van der Waals surface area (Å²) in [5.74, 6) is -2.57. The van der Waals surface area contributed by atoms with Crippen LogP contribution in [0.5, 0.6) is 23.0 Å². The summed E-state index contributed by atoms with van der Waals surface area (Å²) in [6.07, 6.45) is 0. The Labute approximate surface area is 234 Å². The molecule has 8 heteroatoms. The highest BCUT2D eigenvalue weighted by Gasteiger charge is 2.45. The van der Waals surface area contributed by atoms with Gasteiger partial charge in [-0.15, -0.1) is 0 Å². The molecule has 8 nitrogen and oxygen atoms in total. The summed E-state index contributed by atoms with van der Waals surface area (Å²) in [5, 5.41) is 0. The molecule has 2 aromatic carbocycles. The molecule has 0 aromatic heterocycles. The number of carbonyl (C=O) groups excluding carboxylic acids is 4. The summed E-state index contributed by atoms with van der Waals surface area (Å²) in [6.45, 7) is 24.2. The van der Waals surface area contributed by atoms with Gasteiger partial charge in [-0.05, 0) is 64.8 Å².